The number of nitrogens with zero attached hydrogens (tertiary/aromatic N) is 1. The zero-order chi connectivity index (χ0) is 21.9. The summed E-state index contributed by atoms with van der Waals surface area (Å²) in [5.74, 6) is 2.62. The molecule has 1 amide bonds. The Balaban J connectivity index is 1.31. The summed E-state index contributed by atoms with van der Waals surface area (Å²) in [6.07, 6.45) is 2.20. The SMILES string of the molecule is COc1ccc(CNC(=O)[C@@H]2CN(CC3CCOCC3)[C@H]3c4ccccc4OC[C@@H]23)cc1. The molecule has 0 radical (unpaired) electrons. The number of carbonyl (C=O) groups excluding carboxylic acids is 1. The van der Waals surface area contributed by atoms with Crippen LogP contribution in [0.4, 0.5) is 0 Å². The number of nitrogens with one attached hydrogen (secondary N) is 1. The minimum Gasteiger partial charge on any atom is -0.497 e. The third-order valence-electron chi connectivity index (χ3n) is 7.21. The fraction of sp³-hybridized carbons (Fsp3) is 0.500. The van der Waals surface area contributed by atoms with Crippen molar-refractivity contribution in [3.05, 3.63) is 59.7 Å². The Morgan fingerprint density at radius 3 is 2.69 bits per heavy atom. The third-order valence-corrected chi connectivity index (χ3v) is 7.21. The van der Waals surface area contributed by atoms with Crippen LogP contribution >= 0.6 is 0 Å². The van der Waals surface area contributed by atoms with Gasteiger partial charge >= 0.3 is 0 Å². The van der Waals surface area contributed by atoms with Crippen LogP contribution in [0.25, 0.3) is 0 Å². The van der Waals surface area contributed by atoms with Gasteiger partial charge in [0.05, 0.1) is 19.6 Å². The highest BCUT2D eigenvalue weighted by molar-refractivity contribution is 5.80. The summed E-state index contributed by atoms with van der Waals surface area (Å²) in [6.45, 7) is 4.59. The van der Waals surface area contributed by atoms with E-state index >= 15 is 0 Å². The van der Waals surface area contributed by atoms with E-state index < -0.39 is 0 Å². The van der Waals surface area contributed by atoms with Crippen LogP contribution in [0.3, 0.4) is 0 Å². The third kappa shape index (κ3) is 4.34. The lowest BCUT2D eigenvalue weighted by Gasteiger charge is -2.36. The first-order chi connectivity index (χ1) is 15.7. The van der Waals surface area contributed by atoms with Crippen molar-refractivity contribution in [1.29, 1.82) is 0 Å². The molecule has 1 N–H and O–H groups in total. The zero-order valence-corrected chi connectivity index (χ0v) is 18.7. The van der Waals surface area contributed by atoms with Crippen molar-refractivity contribution in [2.45, 2.75) is 25.4 Å². The molecule has 2 fully saturated rings. The average molecular weight is 437 g/mol. The highest BCUT2D eigenvalue weighted by Crippen LogP contribution is 2.47. The Morgan fingerprint density at radius 1 is 1.12 bits per heavy atom. The van der Waals surface area contributed by atoms with E-state index in [4.69, 9.17) is 14.2 Å². The molecule has 5 rings (SSSR count). The molecule has 0 bridgehead atoms. The molecular formula is C26H32N2O4. The molecule has 0 spiro atoms. The van der Waals surface area contributed by atoms with Gasteiger partial charge in [0.2, 0.25) is 5.91 Å². The monoisotopic (exact) mass is 436 g/mol. The van der Waals surface area contributed by atoms with Gasteiger partial charge in [-0.15, -0.1) is 0 Å². The molecule has 3 aliphatic heterocycles. The van der Waals surface area contributed by atoms with Crippen molar-refractivity contribution in [3.8, 4) is 11.5 Å². The van der Waals surface area contributed by atoms with E-state index in [0.29, 0.717) is 19.1 Å². The number of hydrogen-bond acceptors (Lipinski definition) is 5. The summed E-state index contributed by atoms with van der Waals surface area (Å²) in [4.78, 5) is 15.8. The Bertz CT molecular complexity index is 926. The molecule has 6 heteroatoms. The molecule has 0 aromatic heterocycles. The van der Waals surface area contributed by atoms with Gasteiger partial charge in [-0.2, -0.15) is 0 Å². The van der Waals surface area contributed by atoms with Crippen molar-refractivity contribution in [3.63, 3.8) is 0 Å². The van der Waals surface area contributed by atoms with E-state index in [1.807, 2.05) is 30.3 Å². The average Bonchev–Trinajstić information content (AvgIpc) is 3.22. The summed E-state index contributed by atoms with van der Waals surface area (Å²) in [5.41, 5.74) is 2.29. The first-order valence-corrected chi connectivity index (χ1v) is 11.7. The number of ether oxygens (including phenoxy) is 3. The topological polar surface area (TPSA) is 60.0 Å². The van der Waals surface area contributed by atoms with Gasteiger partial charge in [-0.1, -0.05) is 30.3 Å². The maximum Gasteiger partial charge on any atom is 0.225 e. The molecule has 3 aliphatic rings. The van der Waals surface area contributed by atoms with E-state index in [-0.39, 0.29) is 23.8 Å². The van der Waals surface area contributed by atoms with Crippen LogP contribution in [0.2, 0.25) is 0 Å². The smallest absolute Gasteiger partial charge is 0.225 e. The second-order valence-electron chi connectivity index (χ2n) is 9.14. The highest BCUT2D eigenvalue weighted by atomic mass is 16.5. The predicted octanol–water partition coefficient (Wildman–Crippen LogP) is 3.42. The first-order valence-electron chi connectivity index (χ1n) is 11.7. The number of likely N-dealkylation sites (tertiary alicyclic amines) is 1. The number of carbonyl (C=O) groups is 1. The summed E-state index contributed by atoms with van der Waals surface area (Å²) in [6, 6.07) is 16.4. The molecule has 3 heterocycles. The molecule has 2 saturated heterocycles. The number of benzene rings is 2. The molecule has 170 valence electrons. The van der Waals surface area contributed by atoms with E-state index in [0.717, 1.165) is 56.2 Å². The van der Waals surface area contributed by atoms with E-state index in [1.165, 1.54) is 5.56 Å². The quantitative estimate of drug-likeness (QED) is 0.752. The molecule has 0 aliphatic carbocycles. The van der Waals surface area contributed by atoms with Crippen molar-refractivity contribution >= 4 is 5.91 Å². The lowest BCUT2D eigenvalue weighted by Crippen LogP contribution is -2.38. The number of fused-ring (bicyclic) bond motifs is 3. The number of amides is 1. The molecule has 6 nitrogen and oxygen atoms in total. The lowest BCUT2D eigenvalue weighted by molar-refractivity contribution is -0.126. The minimum atomic E-state index is -0.0774. The van der Waals surface area contributed by atoms with Crippen LogP contribution in [0.1, 0.15) is 30.0 Å². The van der Waals surface area contributed by atoms with Gasteiger partial charge < -0.3 is 19.5 Å². The van der Waals surface area contributed by atoms with Crippen LogP contribution in [-0.4, -0.2) is 50.8 Å². The summed E-state index contributed by atoms with van der Waals surface area (Å²) >= 11 is 0. The Hall–Kier alpha value is -2.57. The summed E-state index contributed by atoms with van der Waals surface area (Å²) in [5, 5.41) is 3.18. The number of para-hydroxylation sites is 1. The zero-order valence-electron chi connectivity index (χ0n) is 18.7. The Morgan fingerprint density at radius 2 is 1.91 bits per heavy atom. The van der Waals surface area contributed by atoms with Crippen LogP contribution < -0.4 is 14.8 Å². The largest absolute Gasteiger partial charge is 0.497 e. The van der Waals surface area contributed by atoms with E-state index in [9.17, 15) is 4.79 Å². The Kier molecular flexibility index (Phi) is 6.32. The second-order valence-corrected chi connectivity index (χ2v) is 9.14. The van der Waals surface area contributed by atoms with Gasteiger partial charge in [-0.25, -0.2) is 0 Å². The number of methoxy groups -OCH3 is 1. The standard InChI is InChI=1S/C26H32N2O4/c1-30-20-8-6-18(7-9-20)14-27-26(29)22-16-28(15-19-10-12-31-13-11-19)25-21-4-2-3-5-24(21)32-17-23(22)25/h2-9,19,22-23,25H,10-17H2,1H3,(H,27,29)/t22-,23+,25+/m1/s1. The van der Waals surface area contributed by atoms with Crippen molar-refractivity contribution in [1.82, 2.24) is 10.2 Å². The number of rotatable bonds is 6. The highest BCUT2D eigenvalue weighted by Gasteiger charge is 2.49. The van der Waals surface area contributed by atoms with Crippen LogP contribution in [0, 0.1) is 17.8 Å². The molecule has 32 heavy (non-hydrogen) atoms. The summed E-state index contributed by atoms with van der Waals surface area (Å²) in [7, 11) is 1.66. The van der Waals surface area contributed by atoms with Crippen molar-refractivity contribution in [2.24, 2.45) is 17.8 Å². The number of hydrogen-bond donors (Lipinski definition) is 1. The molecular weight excluding hydrogens is 404 g/mol. The van der Waals surface area contributed by atoms with Gasteiger partial charge in [0.15, 0.2) is 0 Å². The van der Waals surface area contributed by atoms with Gasteiger partial charge in [0.25, 0.3) is 0 Å². The Labute approximate surface area is 189 Å². The van der Waals surface area contributed by atoms with Crippen LogP contribution in [0.15, 0.2) is 48.5 Å². The van der Waals surface area contributed by atoms with Gasteiger partial charge in [0, 0.05) is 50.4 Å². The van der Waals surface area contributed by atoms with E-state index in [2.05, 4.69) is 28.4 Å². The predicted molar refractivity (Wildman–Crippen MR) is 122 cm³/mol. The molecule has 0 unspecified atom stereocenters. The minimum absolute atomic E-state index is 0.0774. The molecule has 2 aromatic carbocycles. The van der Waals surface area contributed by atoms with Crippen molar-refractivity contribution in [2.75, 3.05) is 40.0 Å². The maximum absolute atomic E-state index is 13.3. The van der Waals surface area contributed by atoms with Gasteiger partial charge in [-0.05, 0) is 42.5 Å². The first kappa shape index (κ1) is 21.3. The van der Waals surface area contributed by atoms with Crippen LogP contribution in [0.5, 0.6) is 11.5 Å². The summed E-state index contributed by atoms with van der Waals surface area (Å²) < 4.78 is 16.9. The second kappa shape index (κ2) is 9.51. The normalized spacial score (nSPS) is 25.5. The van der Waals surface area contributed by atoms with Crippen LogP contribution in [-0.2, 0) is 16.1 Å². The fourth-order valence-corrected chi connectivity index (χ4v) is 5.46. The lowest BCUT2D eigenvalue weighted by atomic mass is 9.84. The van der Waals surface area contributed by atoms with Gasteiger partial charge in [0.1, 0.15) is 11.5 Å². The van der Waals surface area contributed by atoms with Crippen molar-refractivity contribution < 1.29 is 19.0 Å². The molecule has 2 aromatic rings. The maximum atomic E-state index is 13.3. The van der Waals surface area contributed by atoms with Gasteiger partial charge in [-0.3, -0.25) is 9.69 Å². The van der Waals surface area contributed by atoms with E-state index in [1.54, 1.807) is 7.11 Å². The fourth-order valence-electron chi connectivity index (χ4n) is 5.46. The molecule has 0 saturated carbocycles. The molecule has 3 atom stereocenters.